The van der Waals surface area contributed by atoms with Gasteiger partial charge in [-0.3, -0.25) is 9.59 Å². The highest BCUT2D eigenvalue weighted by molar-refractivity contribution is 5.81. The number of carboxylic acid groups (broad SMARTS) is 1. The lowest BCUT2D eigenvalue weighted by Crippen LogP contribution is -2.49. The smallest absolute Gasteiger partial charge is 0.303 e. The minimum absolute atomic E-state index is 0.0330. The summed E-state index contributed by atoms with van der Waals surface area (Å²) in [5, 5.41) is 8.87. The van der Waals surface area contributed by atoms with Gasteiger partial charge in [0.2, 0.25) is 5.91 Å². The molecule has 3 N–H and O–H groups in total. The van der Waals surface area contributed by atoms with Gasteiger partial charge in [-0.05, 0) is 31.1 Å². The zero-order valence-electron chi connectivity index (χ0n) is 12.7. The molecule has 20 heavy (non-hydrogen) atoms. The lowest BCUT2D eigenvalue weighted by atomic mass is 9.84. The van der Waals surface area contributed by atoms with Gasteiger partial charge < -0.3 is 15.7 Å². The standard InChI is InChI=1S/C15H28N2O3/c1-3-4-7-13(16)15(20)17-8-5-6-12(10-17)11(2)9-14(18)19/h11-13H,3-10,16H2,1-2H3,(H,18,19). The second-order valence-electron chi connectivity index (χ2n) is 6.01. The Morgan fingerprint density at radius 2 is 2.15 bits per heavy atom. The quantitative estimate of drug-likeness (QED) is 0.747. The number of hydrogen-bond donors (Lipinski definition) is 2. The fraction of sp³-hybridized carbons (Fsp3) is 0.867. The van der Waals surface area contributed by atoms with E-state index in [9.17, 15) is 9.59 Å². The Morgan fingerprint density at radius 3 is 2.75 bits per heavy atom. The maximum absolute atomic E-state index is 12.3. The van der Waals surface area contributed by atoms with E-state index in [0.717, 1.165) is 38.6 Å². The van der Waals surface area contributed by atoms with Crippen LogP contribution in [0.3, 0.4) is 0 Å². The van der Waals surface area contributed by atoms with Crippen LogP contribution < -0.4 is 5.73 Å². The van der Waals surface area contributed by atoms with E-state index in [1.807, 2.05) is 11.8 Å². The van der Waals surface area contributed by atoms with Crippen molar-refractivity contribution >= 4 is 11.9 Å². The topological polar surface area (TPSA) is 83.6 Å². The number of nitrogens with two attached hydrogens (primary N) is 1. The summed E-state index contributed by atoms with van der Waals surface area (Å²) in [6.07, 6.45) is 4.87. The fourth-order valence-corrected chi connectivity index (χ4v) is 2.90. The molecule has 0 bridgehead atoms. The van der Waals surface area contributed by atoms with Crippen LogP contribution in [-0.2, 0) is 9.59 Å². The van der Waals surface area contributed by atoms with Crippen molar-refractivity contribution < 1.29 is 14.7 Å². The molecule has 116 valence electrons. The first kappa shape index (κ1) is 17.0. The predicted octanol–water partition coefficient (Wildman–Crippen LogP) is 1.85. The van der Waals surface area contributed by atoms with Gasteiger partial charge in [-0.1, -0.05) is 26.7 Å². The van der Waals surface area contributed by atoms with E-state index in [2.05, 4.69) is 6.92 Å². The zero-order chi connectivity index (χ0) is 15.1. The van der Waals surface area contributed by atoms with Crippen LogP contribution in [-0.4, -0.2) is 41.0 Å². The number of likely N-dealkylation sites (tertiary alicyclic amines) is 1. The van der Waals surface area contributed by atoms with Crippen LogP contribution in [0.4, 0.5) is 0 Å². The molecule has 1 heterocycles. The van der Waals surface area contributed by atoms with Gasteiger partial charge in [-0.25, -0.2) is 0 Å². The van der Waals surface area contributed by atoms with Crippen molar-refractivity contribution in [2.24, 2.45) is 17.6 Å². The molecule has 1 saturated heterocycles. The highest BCUT2D eigenvalue weighted by Gasteiger charge is 2.30. The van der Waals surface area contributed by atoms with Gasteiger partial charge in [0.05, 0.1) is 6.04 Å². The van der Waals surface area contributed by atoms with E-state index in [4.69, 9.17) is 10.8 Å². The normalized spacial score (nSPS) is 22.4. The largest absolute Gasteiger partial charge is 0.481 e. The zero-order valence-corrected chi connectivity index (χ0v) is 12.7. The second kappa shape index (κ2) is 8.25. The van der Waals surface area contributed by atoms with Gasteiger partial charge in [-0.2, -0.15) is 0 Å². The summed E-state index contributed by atoms with van der Waals surface area (Å²) in [7, 11) is 0. The first-order valence-corrected chi connectivity index (χ1v) is 7.71. The van der Waals surface area contributed by atoms with Crippen molar-refractivity contribution in [1.29, 1.82) is 0 Å². The molecule has 1 aliphatic rings. The number of unbranched alkanes of at least 4 members (excludes halogenated alkanes) is 1. The Bertz CT molecular complexity index is 333. The number of carboxylic acids is 1. The SMILES string of the molecule is CCCCC(N)C(=O)N1CCCC(C(C)CC(=O)O)C1. The third-order valence-corrected chi connectivity index (χ3v) is 4.26. The van der Waals surface area contributed by atoms with Crippen LogP contribution in [0, 0.1) is 11.8 Å². The average Bonchev–Trinajstić information content (AvgIpc) is 2.43. The van der Waals surface area contributed by atoms with Gasteiger partial charge >= 0.3 is 5.97 Å². The molecule has 1 aliphatic heterocycles. The molecule has 0 spiro atoms. The highest BCUT2D eigenvalue weighted by Crippen LogP contribution is 2.26. The summed E-state index contributed by atoms with van der Waals surface area (Å²) in [6, 6.07) is -0.400. The van der Waals surface area contributed by atoms with Crippen molar-refractivity contribution in [3.05, 3.63) is 0 Å². The molecule has 0 aliphatic carbocycles. The molecule has 0 saturated carbocycles. The van der Waals surface area contributed by atoms with E-state index in [1.54, 1.807) is 0 Å². The van der Waals surface area contributed by atoms with Crippen LogP contribution in [0.25, 0.3) is 0 Å². The van der Waals surface area contributed by atoms with E-state index in [0.29, 0.717) is 6.54 Å². The molecule has 5 heteroatoms. The van der Waals surface area contributed by atoms with Crippen LogP contribution >= 0.6 is 0 Å². The molecule has 0 radical (unpaired) electrons. The minimum Gasteiger partial charge on any atom is -0.481 e. The van der Waals surface area contributed by atoms with Crippen LogP contribution in [0.2, 0.25) is 0 Å². The Hall–Kier alpha value is -1.10. The first-order chi connectivity index (χ1) is 9.45. The van der Waals surface area contributed by atoms with E-state index >= 15 is 0 Å². The van der Waals surface area contributed by atoms with Crippen molar-refractivity contribution in [2.75, 3.05) is 13.1 Å². The predicted molar refractivity (Wildman–Crippen MR) is 78.2 cm³/mol. The third-order valence-electron chi connectivity index (χ3n) is 4.26. The van der Waals surface area contributed by atoms with Gasteiger partial charge in [0.25, 0.3) is 0 Å². The summed E-state index contributed by atoms with van der Waals surface area (Å²) in [5.74, 6) is -0.344. The molecule has 3 unspecified atom stereocenters. The Kier molecular flexibility index (Phi) is 6.99. The number of carbonyl (C=O) groups excluding carboxylic acids is 1. The Balaban J connectivity index is 2.51. The number of piperidine rings is 1. The van der Waals surface area contributed by atoms with Crippen LogP contribution in [0.1, 0.15) is 52.4 Å². The van der Waals surface area contributed by atoms with Crippen molar-refractivity contribution in [1.82, 2.24) is 4.90 Å². The average molecular weight is 284 g/mol. The minimum atomic E-state index is -0.763. The van der Waals surface area contributed by atoms with Crippen molar-refractivity contribution in [3.63, 3.8) is 0 Å². The highest BCUT2D eigenvalue weighted by atomic mass is 16.4. The van der Waals surface area contributed by atoms with Crippen LogP contribution in [0.15, 0.2) is 0 Å². The summed E-state index contributed by atoms with van der Waals surface area (Å²) in [4.78, 5) is 24.9. The Labute approximate surface area is 121 Å². The van der Waals surface area contributed by atoms with Crippen molar-refractivity contribution in [2.45, 2.75) is 58.4 Å². The molecule has 3 atom stereocenters. The summed E-state index contributed by atoms with van der Waals surface area (Å²) in [5.41, 5.74) is 5.95. The second-order valence-corrected chi connectivity index (χ2v) is 6.01. The summed E-state index contributed by atoms with van der Waals surface area (Å²) in [6.45, 7) is 5.47. The van der Waals surface area contributed by atoms with E-state index in [1.165, 1.54) is 0 Å². The monoisotopic (exact) mass is 284 g/mol. The van der Waals surface area contributed by atoms with Gasteiger partial charge in [0, 0.05) is 19.5 Å². The van der Waals surface area contributed by atoms with E-state index < -0.39 is 12.0 Å². The van der Waals surface area contributed by atoms with Crippen LogP contribution in [0.5, 0.6) is 0 Å². The molecular weight excluding hydrogens is 256 g/mol. The van der Waals surface area contributed by atoms with E-state index in [-0.39, 0.29) is 24.2 Å². The fourth-order valence-electron chi connectivity index (χ4n) is 2.90. The number of aliphatic carboxylic acids is 1. The van der Waals surface area contributed by atoms with Gasteiger partial charge in [0.1, 0.15) is 0 Å². The summed E-state index contributed by atoms with van der Waals surface area (Å²) < 4.78 is 0. The molecule has 5 nitrogen and oxygen atoms in total. The Morgan fingerprint density at radius 1 is 1.45 bits per heavy atom. The lowest BCUT2D eigenvalue weighted by molar-refractivity contribution is -0.138. The number of amides is 1. The maximum atomic E-state index is 12.3. The molecule has 0 aromatic rings. The number of carbonyl (C=O) groups is 2. The summed E-state index contributed by atoms with van der Waals surface area (Å²) >= 11 is 0. The third kappa shape index (κ3) is 5.12. The molecule has 1 rings (SSSR count). The molecule has 1 amide bonds. The molecule has 0 aromatic heterocycles. The number of rotatable bonds is 7. The maximum Gasteiger partial charge on any atom is 0.303 e. The lowest BCUT2D eigenvalue weighted by Gasteiger charge is -2.36. The van der Waals surface area contributed by atoms with Gasteiger partial charge in [0.15, 0.2) is 0 Å². The van der Waals surface area contributed by atoms with Crippen molar-refractivity contribution in [3.8, 4) is 0 Å². The molecule has 0 aromatic carbocycles. The molecule has 1 fully saturated rings. The molecular formula is C15H28N2O3. The number of hydrogen-bond acceptors (Lipinski definition) is 3. The van der Waals surface area contributed by atoms with Gasteiger partial charge in [-0.15, -0.1) is 0 Å². The first-order valence-electron chi connectivity index (χ1n) is 7.71. The number of nitrogens with zero attached hydrogens (tertiary/aromatic N) is 1.